The van der Waals surface area contributed by atoms with Crippen molar-refractivity contribution in [3.63, 3.8) is 0 Å². The second-order valence-corrected chi connectivity index (χ2v) is 17.5. The molecule has 1 aliphatic heterocycles. The zero-order chi connectivity index (χ0) is 42.5. The molecular weight excluding hydrogens is 731 g/mol. The molecule has 6 N–H and O–H groups in total. The molecule has 8 atom stereocenters. The van der Waals surface area contributed by atoms with Gasteiger partial charge in [0.15, 0.2) is 6.29 Å². The van der Waals surface area contributed by atoms with Crippen molar-refractivity contribution in [3.05, 3.63) is 24.3 Å². The Balaban J connectivity index is 2.32. The highest BCUT2D eigenvalue weighted by Gasteiger charge is 2.44. The van der Waals surface area contributed by atoms with Crippen LogP contribution in [0.3, 0.4) is 0 Å². The Labute approximate surface area is 356 Å². The van der Waals surface area contributed by atoms with E-state index in [0.717, 1.165) is 38.0 Å². The quantitative estimate of drug-likeness (QED) is 0.0264. The highest BCUT2D eigenvalue weighted by atomic mass is 16.7. The second kappa shape index (κ2) is 38.6. The molecule has 9 nitrogen and oxygen atoms in total. The van der Waals surface area contributed by atoms with E-state index < -0.39 is 49.5 Å². The zero-order valence-corrected chi connectivity index (χ0v) is 37.7. The molecule has 0 bridgehead atoms. The molecule has 58 heavy (non-hydrogen) atoms. The molecule has 1 heterocycles. The van der Waals surface area contributed by atoms with Gasteiger partial charge in [-0.1, -0.05) is 199 Å². The first-order valence-electron chi connectivity index (χ1n) is 24.5. The molecule has 1 rings (SSSR count). The number of carbonyl (C=O) groups excluding carboxylic acids is 1. The van der Waals surface area contributed by atoms with Crippen molar-refractivity contribution in [2.24, 2.45) is 5.92 Å². The lowest BCUT2D eigenvalue weighted by Crippen LogP contribution is -2.60. The summed E-state index contributed by atoms with van der Waals surface area (Å²) in [6.45, 7) is 6.12. The van der Waals surface area contributed by atoms with Gasteiger partial charge in [-0.05, 0) is 44.4 Å². The van der Waals surface area contributed by atoms with E-state index in [0.29, 0.717) is 12.8 Å². The molecule has 0 spiro atoms. The second-order valence-electron chi connectivity index (χ2n) is 17.5. The summed E-state index contributed by atoms with van der Waals surface area (Å²) in [5.41, 5.74) is 0. The fourth-order valence-corrected chi connectivity index (χ4v) is 7.72. The van der Waals surface area contributed by atoms with Gasteiger partial charge in [-0.25, -0.2) is 0 Å². The Morgan fingerprint density at radius 1 is 0.638 bits per heavy atom. The van der Waals surface area contributed by atoms with E-state index in [1.807, 2.05) is 6.08 Å². The summed E-state index contributed by atoms with van der Waals surface area (Å²) in [5.74, 6) is 0.634. The highest BCUT2D eigenvalue weighted by Crippen LogP contribution is 2.23. The molecule has 1 saturated heterocycles. The monoisotopic (exact) mass is 824 g/mol. The van der Waals surface area contributed by atoms with Crippen LogP contribution in [0.5, 0.6) is 0 Å². The number of ether oxygens (including phenoxy) is 2. The van der Waals surface area contributed by atoms with E-state index in [1.54, 1.807) is 6.08 Å². The topological polar surface area (TPSA) is 149 Å². The van der Waals surface area contributed by atoms with Gasteiger partial charge < -0.3 is 40.3 Å². The largest absolute Gasteiger partial charge is 0.394 e. The van der Waals surface area contributed by atoms with Crippen molar-refractivity contribution in [2.75, 3.05) is 13.2 Å². The number of carbonyl (C=O) groups is 1. The maximum atomic E-state index is 13.0. The molecule has 1 unspecified atom stereocenters. The van der Waals surface area contributed by atoms with Crippen LogP contribution in [-0.2, 0) is 14.3 Å². The number of hydrogen-bond donors (Lipinski definition) is 6. The summed E-state index contributed by atoms with van der Waals surface area (Å²) < 4.78 is 11.2. The minimum absolute atomic E-state index is 0.198. The Morgan fingerprint density at radius 3 is 1.60 bits per heavy atom. The van der Waals surface area contributed by atoms with E-state index in [1.165, 1.54) is 154 Å². The first-order valence-corrected chi connectivity index (χ1v) is 24.5. The number of allylic oxidation sites excluding steroid dienone is 3. The zero-order valence-electron chi connectivity index (χ0n) is 37.7. The number of amides is 1. The molecular formula is C49H93NO8. The molecule has 0 aromatic rings. The third-order valence-corrected chi connectivity index (χ3v) is 12.1. The van der Waals surface area contributed by atoms with Gasteiger partial charge >= 0.3 is 0 Å². The molecule has 1 amide bonds. The summed E-state index contributed by atoms with van der Waals surface area (Å²) in [4.78, 5) is 13.0. The predicted octanol–water partition coefficient (Wildman–Crippen LogP) is 10.5. The Morgan fingerprint density at radius 2 is 1.10 bits per heavy atom. The third-order valence-electron chi connectivity index (χ3n) is 12.1. The van der Waals surface area contributed by atoms with Crippen LogP contribution in [-0.4, -0.2) is 87.5 Å². The fourth-order valence-electron chi connectivity index (χ4n) is 7.72. The van der Waals surface area contributed by atoms with E-state index in [4.69, 9.17) is 9.47 Å². The van der Waals surface area contributed by atoms with Crippen LogP contribution >= 0.6 is 0 Å². The van der Waals surface area contributed by atoms with Gasteiger partial charge in [0.1, 0.15) is 24.4 Å². The Bertz CT molecular complexity index is 976. The van der Waals surface area contributed by atoms with Crippen molar-refractivity contribution >= 4 is 5.91 Å². The maximum Gasteiger partial charge on any atom is 0.220 e. The van der Waals surface area contributed by atoms with E-state index in [2.05, 4.69) is 38.2 Å². The molecule has 0 saturated carbocycles. The van der Waals surface area contributed by atoms with E-state index >= 15 is 0 Å². The first kappa shape index (κ1) is 54.7. The summed E-state index contributed by atoms with van der Waals surface area (Å²) in [6, 6.07) is -0.818. The minimum atomic E-state index is -1.57. The molecule has 0 radical (unpaired) electrons. The first-order chi connectivity index (χ1) is 28.2. The molecule has 1 aliphatic rings. The van der Waals surface area contributed by atoms with Gasteiger partial charge in [0.05, 0.1) is 25.4 Å². The molecule has 0 aliphatic carbocycles. The van der Waals surface area contributed by atoms with Crippen LogP contribution in [0, 0.1) is 5.92 Å². The van der Waals surface area contributed by atoms with Gasteiger partial charge in [-0.15, -0.1) is 0 Å². The average molecular weight is 824 g/mol. The predicted molar refractivity (Wildman–Crippen MR) is 240 cm³/mol. The van der Waals surface area contributed by atoms with Gasteiger partial charge in [0, 0.05) is 6.42 Å². The molecule has 0 aromatic heterocycles. The molecule has 342 valence electrons. The number of aliphatic hydroxyl groups excluding tert-OH is 5. The van der Waals surface area contributed by atoms with Crippen LogP contribution in [0.15, 0.2) is 24.3 Å². The maximum absolute atomic E-state index is 13.0. The van der Waals surface area contributed by atoms with Crippen molar-refractivity contribution in [3.8, 4) is 0 Å². The van der Waals surface area contributed by atoms with Crippen molar-refractivity contribution in [1.82, 2.24) is 5.32 Å². The summed E-state index contributed by atoms with van der Waals surface area (Å²) in [5, 5.41) is 54.2. The average Bonchev–Trinajstić information content (AvgIpc) is 3.22. The van der Waals surface area contributed by atoms with Crippen LogP contribution in [0.25, 0.3) is 0 Å². The van der Waals surface area contributed by atoms with Crippen LogP contribution in [0.2, 0.25) is 0 Å². The number of nitrogens with one attached hydrogen (secondary N) is 1. The lowest BCUT2D eigenvalue weighted by atomic mass is 9.99. The summed E-state index contributed by atoms with van der Waals surface area (Å²) in [6.07, 6.45) is 38.0. The Kier molecular flexibility index (Phi) is 36.4. The fraction of sp³-hybridized carbons (Fsp3) is 0.898. The summed E-state index contributed by atoms with van der Waals surface area (Å²) >= 11 is 0. The molecule has 9 heteroatoms. The van der Waals surface area contributed by atoms with E-state index in [9.17, 15) is 30.3 Å². The smallest absolute Gasteiger partial charge is 0.220 e. The summed E-state index contributed by atoms with van der Waals surface area (Å²) in [7, 11) is 0. The van der Waals surface area contributed by atoms with Crippen molar-refractivity contribution < 1.29 is 39.8 Å². The van der Waals surface area contributed by atoms with Gasteiger partial charge in [-0.2, -0.15) is 0 Å². The van der Waals surface area contributed by atoms with Gasteiger partial charge in [0.2, 0.25) is 5.91 Å². The van der Waals surface area contributed by atoms with Crippen LogP contribution in [0.1, 0.15) is 220 Å². The molecule has 1 fully saturated rings. The van der Waals surface area contributed by atoms with Gasteiger partial charge in [-0.3, -0.25) is 4.79 Å². The number of rotatable bonds is 40. The number of hydrogen-bond acceptors (Lipinski definition) is 8. The van der Waals surface area contributed by atoms with Crippen LogP contribution < -0.4 is 5.32 Å². The third kappa shape index (κ3) is 29.0. The minimum Gasteiger partial charge on any atom is -0.394 e. The van der Waals surface area contributed by atoms with E-state index in [-0.39, 0.29) is 12.5 Å². The van der Waals surface area contributed by atoms with Crippen molar-refractivity contribution in [1.29, 1.82) is 0 Å². The Hall–Kier alpha value is -1.33. The van der Waals surface area contributed by atoms with Gasteiger partial charge in [0.25, 0.3) is 0 Å². The highest BCUT2D eigenvalue weighted by molar-refractivity contribution is 5.76. The lowest BCUT2D eigenvalue weighted by molar-refractivity contribution is -0.302. The normalized spacial score (nSPS) is 21.6. The SMILES string of the molecule is CCCCCCCCCCCCCCCCCCC=CCCCC(=O)N[C@@H](CO[C@@H]1O[C@H](CO)[C@@H](O)[C@H](O)[C@H]1O)[C@H](O)/C=C/CCCCCCCCCCC(C)CC. The number of unbranched alkanes of at least 4 members (excludes halogenated alkanes) is 25. The molecule has 0 aromatic carbocycles. The lowest BCUT2D eigenvalue weighted by Gasteiger charge is -2.40. The van der Waals surface area contributed by atoms with Crippen LogP contribution in [0.4, 0.5) is 0 Å². The number of aliphatic hydroxyl groups is 5. The van der Waals surface area contributed by atoms with Crippen molar-refractivity contribution in [2.45, 2.75) is 263 Å². The standard InChI is InChI=1S/C49H93NO8/c1-4-6-7-8-9-10-11-12-13-14-15-16-17-18-19-20-21-26-29-32-35-38-45(53)50-42(40-57-49-48(56)47(55)46(54)44(39-51)58-49)43(52)37-34-31-28-25-23-22-24-27-30-33-36-41(3)5-2/h26,29,34,37,41-44,46-49,51-52,54-56H,4-25,27-28,30-33,35-36,38-40H2,1-3H3,(H,50,53)/b29-26?,37-34+/t41?,42-,43+,44+,46+,47-,48+,49+/m0/s1.